The number of piperazine rings is 1. The van der Waals surface area contributed by atoms with E-state index in [1.165, 1.54) is 0 Å². The Kier molecular flexibility index (Phi) is 5.27. The zero-order valence-electron chi connectivity index (χ0n) is 17.4. The predicted molar refractivity (Wildman–Crippen MR) is 115 cm³/mol. The number of anilines is 1. The van der Waals surface area contributed by atoms with Crippen molar-refractivity contribution in [3.05, 3.63) is 35.6 Å². The summed E-state index contributed by atoms with van der Waals surface area (Å²) in [6.45, 7) is 9.24. The van der Waals surface area contributed by atoms with Crippen LogP contribution in [0, 0.1) is 0 Å². The number of carbonyl (C=O) groups excluding carboxylic acids is 1. The van der Waals surface area contributed by atoms with Crippen LogP contribution < -0.4 is 4.90 Å². The summed E-state index contributed by atoms with van der Waals surface area (Å²) in [5.74, 6) is 0.524. The van der Waals surface area contributed by atoms with Gasteiger partial charge in [-0.25, -0.2) is 14.8 Å². The molecule has 0 bridgehead atoms. The molecule has 3 heterocycles. The van der Waals surface area contributed by atoms with E-state index in [4.69, 9.17) is 20.8 Å². The molecule has 1 aliphatic heterocycles. The van der Waals surface area contributed by atoms with Gasteiger partial charge in [-0.15, -0.1) is 0 Å². The molecular weight excluding hydrogens is 406 g/mol. The fraction of sp³-hybridized carbons (Fsp3) is 0.429. The molecule has 1 fully saturated rings. The highest BCUT2D eigenvalue weighted by atomic mass is 35.5. The minimum Gasteiger partial charge on any atom is -0.444 e. The third kappa shape index (κ3) is 4.18. The largest absolute Gasteiger partial charge is 0.444 e. The Bertz CT molecular complexity index is 1060. The first-order valence-corrected chi connectivity index (χ1v) is 10.2. The summed E-state index contributed by atoms with van der Waals surface area (Å²) in [6, 6.07) is 5.78. The number of halogens is 1. The first-order chi connectivity index (χ1) is 14.2. The molecule has 3 aromatic rings. The Hall–Kier alpha value is -2.87. The monoisotopic (exact) mass is 429 g/mol. The van der Waals surface area contributed by atoms with Crippen LogP contribution in [-0.4, -0.2) is 57.2 Å². The second kappa shape index (κ2) is 7.75. The van der Waals surface area contributed by atoms with E-state index in [2.05, 4.69) is 15.0 Å². The van der Waals surface area contributed by atoms with Crippen molar-refractivity contribution in [1.82, 2.24) is 19.9 Å². The Morgan fingerprint density at radius 2 is 1.97 bits per heavy atom. The maximum absolute atomic E-state index is 12.4. The summed E-state index contributed by atoms with van der Waals surface area (Å²) in [5, 5.41) is 0.535. The first kappa shape index (κ1) is 20.4. The topological polar surface area (TPSA) is 84.6 Å². The van der Waals surface area contributed by atoms with Crippen molar-refractivity contribution in [2.75, 3.05) is 24.5 Å². The highest BCUT2D eigenvalue weighted by Crippen LogP contribution is 2.34. The Labute approximate surface area is 179 Å². The molecule has 1 aromatic carbocycles. The molecule has 0 unspecified atom stereocenters. The zero-order valence-corrected chi connectivity index (χ0v) is 18.2. The highest BCUT2D eigenvalue weighted by molar-refractivity contribution is 6.31. The fourth-order valence-electron chi connectivity index (χ4n) is 3.45. The maximum Gasteiger partial charge on any atom is 0.410 e. The number of hydrogen-bond donors (Lipinski definition) is 0. The van der Waals surface area contributed by atoms with Crippen LogP contribution in [0.3, 0.4) is 0 Å². The number of amides is 1. The number of hydrogen-bond acceptors (Lipinski definition) is 7. The second-order valence-corrected chi connectivity index (χ2v) is 8.78. The molecule has 158 valence electrons. The maximum atomic E-state index is 12.4. The van der Waals surface area contributed by atoms with Crippen LogP contribution in [0.25, 0.3) is 22.5 Å². The van der Waals surface area contributed by atoms with Crippen LogP contribution in [0.4, 0.5) is 10.8 Å². The fourth-order valence-corrected chi connectivity index (χ4v) is 3.66. The lowest BCUT2D eigenvalue weighted by Gasteiger charge is -2.39. The molecule has 1 amide bonds. The number of ether oxygens (including phenoxy) is 1. The number of nitrogens with zero attached hydrogens (tertiary/aromatic N) is 5. The number of oxazole rings is 1. The minimum absolute atomic E-state index is 0.00577. The van der Waals surface area contributed by atoms with Crippen molar-refractivity contribution in [2.45, 2.75) is 39.3 Å². The Morgan fingerprint density at radius 1 is 1.23 bits per heavy atom. The van der Waals surface area contributed by atoms with E-state index in [1.807, 2.05) is 32.6 Å². The van der Waals surface area contributed by atoms with E-state index in [0.29, 0.717) is 53.2 Å². The third-order valence-electron chi connectivity index (χ3n) is 4.78. The van der Waals surface area contributed by atoms with Gasteiger partial charge in [0.05, 0.1) is 5.56 Å². The van der Waals surface area contributed by atoms with Crippen molar-refractivity contribution >= 4 is 34.8 Å². The predicted octanol–water partition coefficient (Wildman–Crippen LogP) is 4.38. The molecule has 0 spiro atoms. The second-order valence-electron chi connectivity index (χ2n) is 8.34. The van der Waals surface area contributed by atoms with Crippen molar-refractivity contribution in [2.24, 2.45) is 0 Å². The molecule has 0 aliphatic carbocycles. The summed E-state index contributed by atoms with van der Waals surface area (Å²) < 4.78 is 11.6. The van der Waals surface area contributed by atoms with E-state index in [1.54, 1.807) is 35.5 Å². The Balaban J connectivity index is 1.60. The van der Waals surface area contributed by atoms with E-state index in [0.717, 1.165) is 0 Å². The Morgan fingerprint density at radius 3 is 2.63 bits per heavy atom. The van der Waals surface area contributed by atoms with Crippen molar-refractivity contribution in [1.29, 1.82) is 0 Å². The molecule has 30 heavy (non-hydrogen) atoms. The van der Waals surface area contributed by atoms with Crippen LogP contribution in [0.2, 0.25) is 5.02 Å². The van der Waals surface area contributed by atoms with E-state index in [-0.39, 0.29) is 12.1 Å². The van der Waals surface area contributed by atoms with Gasteiger partial charge in [0.2, 0.25) is 0 Å². The minimum atomic E-state index is -0.521. The number of fused-ring (bicyclic) bond motifs is 1. The third-order valence-corrected chi connectivity index (χ3v) is 4.99. The SMILES string of the molecule is C[C@H]1CN(C(=O)OC(C)(C)C)CCN1c1nc2cc(Cl)cc(-c3ncccn3)c2o1. The smallest absolute Gasteiger partial charge is 0.410 e. The number of aromatic nitrogens is 3. The molecule has 1 atom stereocenters. The van der Waals surface area contributed by atoms with Crippen LogP contribution in [-0.2, 0) is 4.74 Å². The molecule has 0 radical (unpaired) electrons. The average Bonchev–Trinajstić information content (AvgIpc) is 3.10. The number of benzene rings is 1. The van der Waals surface area contributed by atoms with E-state index in [9.17, 15) is 4.79 Å². The lowest BCUT2D eigenvalue weighted by atomic mass is 10.2. The van der Waals surface area contributed by atoms with Gasteiger partial charge in [0, 0.05) is 43.1 Å². The van der Waals surface area contributed by atoms with E-state index >= 15 is 0 Å². The summed E-state index contributed by atoms with van der Waals surface area (Å²) in [4.78, 5) is 29.4. The summed E-state index contributed by atoms with van der Waals surface area (Å²) in [6.07, 6.45) is 3.04. The van der Waals surface area contributed by atoms with Gasteiger partial charge in [-0.2, -0.15) is 4.98 Å². The molecule has 9 heteroatoms. The molecular formula is C21H24ClN5O3. The molecule has 1 aliphatic rings. The summed E-state index contributed by atoms with van der Waals surface area (Å²) in [7, 11) is 0. The summed E-state index contributed by atoms with van der Waals surface area (Å²) in [5.41, 5.74) is 1.40. The van der Waals surface area contributed by atoms with Gasteiger partial charge in [0.25, 0.3) is 6.01 Å². The molecule has 0 N–H and O–H groups in total. The molecule has 8 nitrogen and oxygen atoms in total. The van der Waals surface area contributed by atoms with Crippen molar-refractivity contribution in [3.63, 3.8) is 0 Å². The van der Waals surface area contributed by atoms with Gasteiger partial charge in [-0.3, -0.25) is 0 Å². The lowest BCUT2D eigenvalue weighted by molar-refractivity contribution is 0.0216. The van der Waals surface area contributed by atoms with Gasteiger partial charge < -0.3 is 19.0 Å². The van der Waals surface area contributed by atoms with Crippen molar-refractivity contribution < 1.29 is 13.9 Å². The van der Waals surface area contributed by atoms with Crippen LogP contribution in [0.15, 0.2) is 35.0 Å². The standard InChI is InChI=1S/C21H24ClN5O3/c1-13-12-26(20(28)30-21(2,3)4)8-9-27(13)19-25-16-11-14(22)10-15(17(16)29-19)18-23-6-5-7-24-18/h5-7,10-11,13H,8-9,12H2,1-4H3/t13-/m0/s1. The van der Waals surface area contributed by atoms with E-state index < -0.39 is 5.60 Å². The average molecular weight is 430 g/mol. The van der Waals surface area contributed by atoms with Gasteiger partial charge in [-0.1, -0.05) is 11.6 Å². The summed E-state index contributed by atoms with van der Waals surface area (Å²) >= 11 is 6.30. The first-order valence-electron chi connectivity index (χ1n) is 9.83. The quantitative estimate of drug-likeness (QED) is 0.597. The van der Waals surface area contributed by atoms with Crippen molar-refractivity contribution in [3.8, 4) is 11.4 Å². The lowest BCUT2D eigenvalue weighted by Crippen LogP contribution is -2.54. The van der Waals surface area contributed by atoms with Gasteiger partial charge in [-0.05, 0) is 45.9 Å². The zero-order chi connectivity index (χ0) is 21.5. The van der Waals surface area contributed by atoms with Crippen LogP contribution in [0.1, 0.15) is 27.7 Å². The van der Waals surface area contributed by atoms with Gasteiger partial charge in [0.15, 0.2) is 11.4 Å². The van der Waals surface area contributed by atoms with Gasteiger partial charge >= 0.3 is 6.09 Å². The molecule has 2 aromatic heterocycles. The molecule has 1 saturated heterocycles. The normalized spacial score (nSPS) is 17.4. The number of carbonyl (C=O) groups is 1. The van der Waals surface area contributed by atoms with Crippen LogP contribution >= 0.6 is 11.6 Å². The van der Waals surface area contributed by atoms with Crippen LogP contribution in [0.5, 0.6) is 0 Å². The van der Waals surface area contributed by atoms with Gasteiger partial charge in [0.1, 0.15) is 11.1 Å². The number of rotatable bonds is 2. The molecule has 0 saturated carbocycles. The molecule has 4 rings (SSSR count). The highest BCUT2D eigenvalue weighted by Gasteiger charge is 2.32.